The van der Waals surface area contributed by atoms with Crippen LogP contribution >= 0.6 is 11.6 Å². The number of hydrogen-bond donors (Lipinski definition) is 0. The summed E-state index contributed by atoms with van der Waals surface area (Å²) in [4.78, 5) is 15.3. The fourth-order valence-corrected chi connectivity index (χ4v) is 4.33. The van der Waals surface area contributed by atoms with Crippen LogP contribution in [-0.4, -0.2) is 41.7 Å². The topological polar surface area (TPSA) is 34.5 Å². The molecule has 4 rings (SSSR count). The van der Waals surface area contributed by atoms with Crippen molar-refractivity contribution in [1.82, 2.24) is 9.47 Å². The van der Waals surface area contributed by atoms with Crippen LogP contribution in [0.15, 0.2) is 60.7 Å². The Morgan fingerprint density at radius 2 is 1.73 bits per heavy atom. The molecule has 0 atom stereocenters. The average molecular weight is 477 g/mol. The van der Waals surface area contributed by atoms with E-state index in [1.807, 2.05) is 0 Å². The quantitative estimate of drug-likeness (QED) is 0.444. The zero-order valence-corrected chi connectivity index (χ0v) is 18.9. The minimum absolute atomic E-state index is 0.0162. The standard InChI is InChI=1S/C25H24ClF3N2O2/c1-30(20-11-13-33-14-12-20)24(32)23-21(18-7-9-19(26)10-8-18)15-22(25(27,28)29)31(23)16-17-5-3-2-4-6-17/h2-10,15,20H,11-14,16H2,1H3. The summed E-state index contributed by atoms with van der Waals surface area (Å²) in [6.07, 6.45) is -3.35. The molecule has 0 saturated carbocycles. The van der Waals surface area contributed by atoms with E-state index in [1.54, 1.807) is 66.5 Å². The lowest BCUT2D eigenvalue weighted by Crippen LogP contribution is -2.41. The summed E-state index contributed by atoms with van der Waals surface area (Å²) in [5.74, 6) is -0.446. The molecule has 8 heteroatoms. The molecule has 2 aromatic carbocycles. The van der Waals surface area contributed by atoms with Gasteiger partial charge in [-0.3, -0.25) is 4.79 Å². The number of ether oxygens (including phenoxy) is 1. The van der Waals surface area contributed by atoms with Gasteiger partial charge in [-0.05, 0) is 42.2 Å². The summed E-state index contributed by atoms with van der Waals surface area (Å²) in [6, 6.07) is 16.3. The van der Waals surface area contributed by atoms with E-state index in [9.17, 15) is 18.0 Å². The van der Waals surface area contributed by atoms with Crippen LogP contribution in [0.2, 0.25) is 5.02 Å². The molecule has 0 N–H and O–H groups in total. The minimum atomic E-state index is -4.63. The van der Waals surface area contributed by atoms with Crippen molar-refractivity contribution in [2.24, 2.45) is 0 Å². The Kier molecular flexibility index (Phi) is 6.81. The molecule has 0 unspecified atom stereocenters. The maximum absolute atomic E-state index is 14.2. The molecular weight excluding hydrogens is 453 g/mol. The maximum Gasteiger partial charge on any atom is 0.431 e. The van der Waals surface area contributed by atoms with E-state index in [1.165, 1.54) is 0 Å². The van der Waals surface area contributed by atoms with E-state index in [-0.39, 0.29) is 23.8 Å². The highest BCUT2D eigenvalue weighted by Gasteiger charge is 2.39. The van der Waals surface area contributed by atoms with Crippen LogP contribution < -0.4 is 0 Å². The Bertz CT molecular complexity index is 1110. The Morgan fingerprint density at radius 3 is 2.33 bits per heavy atom. The smallest absolute Gasteiger partial charge is 0.381 e. The molecule has 1 amide bonds. The summed E-state index contributed by atoms with van der Waals surface area (Å²) < 4.78 is 49.0. The second-order valence-corrected chi connectivity index (χ2v) is 8.56. The number of aromatic nitrogens is 1. The van der Waals surface area contributed by atoms with Gasteiger partial charge in [-0.1, -0.05) is 54.1 Å². The van der Waals surface area contributed by atoms with Gasteiger partial charge in [-0.2, -0.15) is 13.2 Å². The summed E-state index contributed by atoms with van der Waals surface area (Å²) >= 11 is 6.00. The maximum atomic E-state index is 14.2. The first kappa shape index (κ1) is 23.4. The van der Waals surface area contributed by atoms with Crippen molar-refractivity contribution >= 4 is 17.5 Å². The molecule has 33 heavy (non-hydrogen) atoms. The summed E-state index contributed by atoms with van der Waals surface area (Å²) in [7, 11) is 1.65. The van der Waals surface area contributed by atoms with Gasteiger partial charge < -0.3 is 14.2 Å². The van der Waals surface area contributed by atoms with Crippen molar-refractivity contribution in [1.29, 1.82) is 0 Å². The molecule has 1 saturated heterocycles. The summed E-state index contributed by atoms with van der Waals surface area (Å²) in [5.41, 5.74) is 0.561. The van der Waals surface area contributed by atoms with Crippen LogP contribution in [0.25, 0.3) is 11.1 Å². The normalized spacial score (nSPS) is 14.9. The third-order valence-electron chi connectivity index (χ3n) is 5.99. The number of nitrogens with zero attached hydrogens (tertiary/aromatic N) is 2. The fraction of sp³-hybridized carbons (Fsp3) is 0.320. The predicted octanol–water partition coefficient (Wildman–Crippen LogP) is 6.13. The largest absolute Gasteiger partial charge is 0.431 e. The second-order valence-electron chi connectivity index (χ2n) is 8.13. The molecular formula is C25H24ClF3N2O2. The molecule has 0 radical (unpaired) electrons. The SMILES string of the molecule is CN(C(=O)c1c(-c2ccc(Cl)cc2)cc(C(F)(F)F)n1Cc1ccccc1)C1CCOCC1. The lowest BCUT2D eigenvalue weighted by atomic mass is 10.0. The fourth-order valence-electron chi connectivity index (χ4n) is 4.20. The number of hydrogen-bond acceptors (Lipinski definition) is 2. The first-order chi connectivity index (χ1) is 15.8. The van der Waals surface area contributed by atoms with Crippen molar-refractivity contribution in [2.45, 2.75) is 31.6 Å². The van der Waals surface area contributed by atoms with Gasteiger partial charge >= 0.3 is 6.18 Å². The van der Waals surface area contributed by atoms with Crippen LogP contribution in [0.3, 0.4) is 0 Å². The molecule has 174 valence electrons. The third kappa shape index (κ3) is 5.09. The van der Waals surface area contributed by atoms with Crippen LogP contribution in [0.1, 0.15) is 34.6 Å². The highest BCUT2D eigenvalue weighted by molar-refractivity contribution is 6.30. The Labute approximate surface area is 195 Å². The van der Waals surface area contributed by atoms with E-state index >= 15 is 0 Å². The van der Waals surface area contributed by atoms with E-state index in [0.717, 1.165) is 10.6 Å². The van der Waals surface area contributed by atoms with Gasteiger partial charge in [0.1, 0.15) is 11.4 Å². The molecule has 4 nitrogen and oxygen atoms in total. The number of rotatable bonds is 5. The Balaban J connectivity index is 1.88. The molecule has 3 aromatic rings. The first-order valence-corrected chi connectivity index (χ1v) is 11.1. The number of benzene rings is 2. The third-order valence-corrected chi connectivity index (χ3v) is 6.24. The second kappa shape index (κ2) is 9.61. The average Bonchev–Trinajstić information content (AvgIpc) is 3.19. The van der Waals surface area contributed by atoms with Gasteiger partial charge in [-0.15, -0.1) is 0 Å². The zero-order chi connectivity index (χ0) is 23.6. The molecule has 1 fully saturated rings. The van der Waals surface area contributed by atoms with Gasteiger partial charge in [0.2, 0.25) is 0 Å². The van der Waals surface area contributed by atoms with E-state index in [2.05, 4.69) is 0 Å². The predicted molar refractivity (Wildman–Crippen MR) is 121 cm³/mol. The highest BCUT2D eigenvalue weighted by atomic mass is 35.5. The summed E-state index contributed by atoms with van der Waals surface area (Å²) in [5, 5.41) is 0.464. The molecule has 1 aromatic heterocycles. The van der Waals surface area contributed by atoms with Crippen molar-refractivity contribution in [3.63, 3.8) is 0 Å². The van der Waals surface area contributed by atoms with Crippen LogP contribution in [0.4, 0.5) is 13.2 Å². The lowest BCUT2D eigenvalue weighted by Gasteiger charge is -2.32. The first-order valence-electron chi connectivity index (χ1n) is 10.7. The zero-order valence-electron chi connectivity index (χ0n) is 18.1. The lowest BCUT2D eigenvalue weighted by molar-refractivity contribution is -0.143. The van der Waals surface area contributed by atoms with Gasteiger partial charge in [-0.25, -0.2) is 0 Å². The number of carbonyl (C=O) groups excluding carboxylic acids is 1. The Morgan fingerprint density at radius 1 is 1.09 bits per heavy atom. The Hall–Kier alpha value is -2.77. The van der Waals surface area contributed by atoms with Crippen molar-refractivity contribution in [3.8, 4) is 11.1 Å². The van der Waals surface area contributed by atoms with Crippen molar-refractivity contribution in [3.05, 3.63) is 82.6 Å². The monoisotopic (exact) mass is 476 g/mol. The van der Waals surface area contributed by atoms with Gasteiger partial charge in [0, 0.05) is 43.4 Å². The van der Waals surface area contributed by atoms with Crippen LogP contribution in [-0.2, 0) is 17.5 Å². The highest BCUT2D eigenvalue weighted by Crippen LogP contribution is 2.38. The number of alkyl halides is 3. The minimum Gasteiger partial charge on any atom is -0.381 e. The van der Waals surface area contributed by atoms with Gasteiger partial charge in [0.25, 0.3) is 5.91 Å². The molecule has 1 aliphatic heterocycles. The van der Waals surface area contributed by atoms with Crippen LogP contribution in [0, 0.1) is 0 Å². The number of halogens is 4. The molecule has 0 bridgehead atoms. The van der Waals surface area contributed by atoms with Crippen molar-refractivity contribution < 1.29 is 22.7 Å². The number of amides is 1. The number of carbonyl (C=O) groups is 1. The van der Waals surface area contributed by atoms with Gasteiger partial charge in [0.05, 0.1) is 0 Å². The molecule has 0 aliphatic carbocycles. The van der Waals surface area contributed by atoms with Crippen LogP contribution in [0.5, 0.6) is 0 Å². The van der Waals surface area contributed by atoms with E-state index in [0.29, 0.717) is 42.2 Å². The molecule has 0 spiro atoms. The molecule has 1 aliphatic rings. The summed E-state index contributed by atoms with van der Waals surface area (Å²) in [6.45, 7) is 0.961. The molecule has 2 heterocycles. The van der Waals surface area contributed by atoms with Crippen molar-refractivity contribution in [2.75, 3.05) is 20.3 Å². The van der Waals surface area contributed by atoms with E-state index in [4.69, 9.17) is 16.3 Å². The van der Waals surface area contributed by atoms with Gasteiger partial charge in [0.15, 0.2) is 0 Å². The van der Waals surface area contributed by atoms with E-state index < -0.39 is 17.8 Å².